The lowest BCUT2D eigenvalue weighted by atomic mass is 9.93. The fourth-order valence-corrected chi connectivity index (χ4v) is 2.14. The van der Waals surface area contributed by atoms with E-state index in [0.717, 1.165) is 37.6 Å². The number of nitrogens with zero attached hydrogens (tertiary/aromatic N) is 3. The minimum atomic E-state index is 0.430. The fourth-order valence-electron chi connectivity index (χ4n) is 2.14. The molecule has 0 bridgehead atoms. The van der Waals surface area contributed by atoms with Crippen molar-refractivity contribution in [2.75, 3.05) is 20.6 Å². The Balaban J connectivity index is 2.00. The van der Waals surface area contributed by atoms with Crippen LogP contribution in [0.25, 0.3) is 0 Å². The number of nitrogens with one attached hydrogen (secondary N) is 1. The molecule has 2 atom stereocenters. The van der Waals surface area contributed by atoms with Crippen molar-refractivity contribution in [3.05, 3.63) is 11.7 Å². The zero-order valence-electron chi connectivity index (χ0n) is 10.2. The van der Waals surface area contributed by atoms with Crippen molar-refractivity contribution in [1.82, 2.24) is 20.4 Å². The summed E-state index contributed by atoms with van der Waals surface area (Å²) in [7, 11) is 4.01. The van der Waals surface area contributed by atoms with Crippen LogP contribution in [0.4, 0.5) is 0 Å². The summed E-state index contributed by atoms with van der Waals surface area (Å²) in [5, 5.41) is 7.43. The van der Waals surface area contributed by atoms with E-state index in [-0.39, 0.29) is 0 Å². The first-order chi connectivity index (χ1) is 7.65. The molecule has 90 valence electrons. The SMILES string of the molecule is CC1CC(c2nc(CN(C)C)no2)CCN1. The van der Waals surface area contributed by atoms with Gasteiger partial charge in [0, 0.05) is 12.0 Å². The lowest BCUT2D eigenvalue weighted by molar-refractivity contribution is 0.292. The van der Waals surface area contributed by atoms with E-state index in [1.54, 1.807) is 0 Å². The van der Waals surface area contributed by atoms with Crippen molar-refractivity contribution in [2.24, 2.45) is 0 Å². The second kappa shape index (κ2) is 4.93. The quantitative estimate of drug-likeness (QED) is 0.829. The van der Waals surface area contributed by atoms with Gasteiger partial charge in [-0.15, -0.1) is 0 Å². The van der Waals surface area contributed by atoms with Crippen molar-refractivity contribution in [2.45, 2.75) is 38.3 Å². The molecule has 1 N–H and O–H groups in total. The van der Waals surface area contributed by atoms with Gasteiger partial charge >= 0.3 is 0 Å². The van der Waals surface area contributed by atoms with Gasteiger partial charge < -0.3 is 14.7 Å². The fraction of sp³-hybridized carbons (Fsp3) is 0.818. The maximum Gasteiger partial charge on any atom is 0.229 e. The predicted octanol–water partition coefficient (Wildman–Crippen LogP) is 0.987. The normalized spacial score (nSPS) is 26.2. The van der Waals surface area contributed by atoms with Gasteiger partial charge in [-0.2, -0.15) is 4.98 Å². The molecule has 0 aliphatic carbocycles. The highest BCUT2D eigenvalue weighted by Gasteiger charge is 2.24. The van der Waals surface area contributed by atoms with Crippen LogP contribution in [0.2, 0.25) is 0 Å². The van der Waals surface area contributed by atoms with E-state index in [4.69, 9.17) is 4.52 Å². The summed E-state index contributed by atoms with van der Waals surface area (Å²) in [6.45, 7) is 3.98. The number of aromatic nitrogens is 2. The average molecular weight is 224 g/mol. The summed E-state index contributed by atoms with van der Waals surface area (Å²) >= 11 is 0. The van der Waals surface area contributed by atoms with Crippen molar-refractivity contribution >= 4 is 0 Å². The lowest BCUT2D eigenvalue weighted by Crippen LogP contribution is -2.34. The molecule has 5 heteroatoms. The molecular formula is C11H20N4O. The van der Waals surface area contributed by atoms with Gasteiger partial charge in [-0.3, -0.25) is 0 Å². The Labute approximate surface area is 96.2 Å². The first kappa shape index (κ1) is 11.5. The molecule has 0 saturated carbocycles. The molecule has 1 aliphatic heterocycles. The number of piperidine rings is 1. The molecule has 5 nitrogen and oxygen atoms in total. The summed E-state index contributed by atoms with van der Waals surface area (Å²) in [5.41, 5.74) is 0. The predicted molar refractivity (Wildman–Crippen MR) is 61.1 cm³/mol. The van der Waals surface area contributed by atoms with Crippen LogP contribution >= 0.6 is 0 Å². The van der Waals surface area contributed by atoms with Crippen LogP contribution in [0, 0.1) is 0 Å². The largest absolute Gasteiger partial charge is 0.339 e. The molecule has 1 fully saturated rings. The van der Waals surface area contributed by atoms with Gasteiger partial charge in [0.1, 0.15) is 0 Å². The molecule has 1 saturated heterocycles. The zero-order valence-corrected chi connectivity index (χ0v) is 10.2. The van der Waals surface area contributed by atoms with Gasteiger partial charge in [0.15, 0.2) is 5.82 Å². The van der Waals surface area contributed by atoms with Crippen LogP contribution in [0.5, 0.6) is 0 Å². The third kappa shape index (κ3) is 2.80. The Morgan fingerprint density at radius 2 is 2.31 bits per heavy atom. The van der Waals surface area contributed by atoms with E-state index in [2.05, 4.69) is 22.4 Å². The summed E-state index contributed by atoms with van der Waals surface area (Å²) in [5.74, 6) is 2.02. The molecule has 16 heavy (non-hydrogen) atoms. The van der Waals surface area contributed by atoms with E-state index in [1.165, 1.54) is 0 Å². The molecule has 1 aliphatic rings. The molecule has 2 unspecified atom stereocenters. The van der Waals surface area contributed by atoms with E-state index < -0.39 is 0 Å². The zero-order chi connectivity index (χ0) is 11.5. The smallest absolute Gasteiger partial charge is 0.229 e. The van der Waals surface area contributed by atoms with Crippen LogP contribution in [0.1, 0.15) is 37.4 Å². The monoisotopic (exact) mass is 224 g/mol. The highest BCUT2D eigenvalue weighted by Crippen LogP contribution is 2.26. The van der Waals surface area contributed by atoms with Crippen LogP contribution < -0.4 is 5.32 Å². The molecule has 0 radical (unpaired) electrons. The summed E-state index contributed by atoms with van der Waals surface area (Å²) in [4.78, 5) is 6.50. The second-order valence-corrected chi connectivity index (χ2v) is 4.86. The molecule has 1 aromatic rings. The number of hydrogen-bond acceptors (Lipinski definition) is 5. The van der Waals surface area contributed by atoms with Gasteiger partial charge in [-0.25, -0.2) is 0 Å². The minimum Gasteiger partial charge on any atom is -0.339 e. The topological polar surface area (TPSA) is 54.2 Å². The molecule has 2 rings (SSSR count). The van der Waals surface area contributed by atoms with E-state index in [0.29, 0.717) is 12.0 Å². The highest BCUT2D eigenvalue weighted by molar-refractivity contribution is 4.97. The van der Waals surface area contributed by atoms with Crippen LogP contribution in [-0.2, 0) is 6.54 Å². The standard InChI is InChI=1S/C11H20N4O/c1-8-6-9(4-5-12-8)11-13-10(14-16-11)7-15(2)3/h8-9,12H,4-7H2,1-3H3. The second-order valence-electron chi connectivity index (χ2n) is 4.86. The first-order valence-corrected chi connectivity index (χ1v) is 5.85. The Bertz CT molecular complexity index is 336. The van der Waals surface area contributed by atoms with Crippen LogP contribution in [0.15, 0.2) is 4.52 Å². The summed E-state index contributed by atoms with van der Waals surface area (Å²) in [6, 6.07) is 0.544. The van der Waals surface area contributed by atoms with E-state index in [1.807, 2.05) is 19.0 Å². The lowest BCUT2D eigenvalue weighted by Gasteiger charge is -2.25. The van der Waals surface area contributed by atoms with E-state index >= 15 is 0 Å². The Morgan fingerprint density at radius 3 is 3.00 bits per heavy atom. The molecular weight excluding hydrogens is 204 g/mol. The maximum atomic E-state index is 5.34. The Kier molecular flexibility index (Phi) is 3.56. The van der Waals surface area contributed by atoms with Crippen molar-refractivity contribution in [3.8, 4) is 0 Å². The molecule has 1 aromatic heterocycles. The third-order valence-corrected chi connectivity index (χ3v) is 2.91. The van der Waals surface area contributed by atoms with Gasteiger partial charge in [-0.1, -0.05) is 5.16 Å². The Hall–Kier alpha value is -0.940. The minimum absolute atomic E-state index is 0.430. The highest BCUT2D eigenvalue weighted by atomic mass is 16.5. The van der Waals surface area contributed by atoms with Crippen molar-refractivity contribution < 1.29 is 4.52 Å². The average Bonchev–Trinajstić information content (AvgIpc) is 2.65. The van der Waals surface area contributed by atoms with Crippen LogP contribution in [-0.4, -0.2) is 41.7 Å². The van der Waals surface area contributed by atoms with Gasteiger partial charge in [0.05, 0.1) is 6.54 Å². The van der Waals surface area contributed by atoms with Crippen molar-refractivity contribution in [1.29, 1.82) is 0 Å². The Morgan fingerprint density at radius 1 is 1.50 bits per heavy atom. The summed E-state index contributed by atoms with van der Waals surface area (Å²) < 4.78 is 5.34. The molecule has 0 amide bonds. The summed E-state index contributed by atoms with van der Waals surface area (Å²) in [6.07, 6.45) is 2.18. The molecule has 2 heterocycles. The molecule has 0 spiro atoms. The van der Waals surface area contributed by atoms with Crippen molar-refractivity contribution in [3.63, 3.8) is 0 Å². The maximum absolute atomic E-state index is 5.34. The van der Waals surface area contributed by atoms with E-state index in [9.17, 15) is 0 Å². The number of hydrogen-bond donors (Lipinski definition) is 1. The van der Waals surface area contributed by atoms with Gasteiger partial charge in [-0.05, 0) is 40.4 Å². The van der Waals surface area contributed by atoms with Gasteiger partial charge in [0.2, 0.25) is 5.89 Å². The van der Waals surface area contributed by atoms with Gasteiger partial charge in [0.25, 0.3) is 0 Å². The number of rotatable bonds is 3. The third-order valence-electron chi connectivity index (χ3n) is 2.91. The van der Waals surface area contributed by atoms with Crippen LogP contribution in [0.3, 0.4) is 0 Å². The first-order valence-electron chi connectivity index (χ1n) is 5.85. The molecule has 0 aromatic carbocycles.